The lowest BCUT2D eigenvalue weighted by atomic mass is 10.1. The van der Waals surface area contributed by atoms with Gasteiger partial charge in [-0.15, -0.1) is 0 Å². The summed E-state index contributed by atoms with van der Waals surface area (Å²) in [6.45, 7) is 0. The van der Waals surface area contributed by atoms with E-state index in [1.54, 1.807) is 0 Å². The summed E-state index contributed by atoms with van der Waals surface area (Å²) in [5, 5.41) is 9.22. The van der Waals surface area contributed by atoms with Crippen LogP contribution in [0.5, 0.6) is 23.0 Å². The number of hydrogen-bond acceptors (Lipinski definition) is 5. The van der Waals surface area contributed by atoms with Crippen LogP contribution in [0.25, 0.3) is 0 Å². The van der Waals surface area contributed by atoms with E-state index in [1.165, 1.54) is 28.4 Å². The van der Waals surface area contributed by atoms with Crippen molar-refractivity contribution in [2.24, 2.45) is 0 Å². The van der Waals surface area contributed by atoms with E-state index < -0.39 is 5.97 Å². The molecule has 0 unspecified atom stereocenters. The lowest BCUT2D eigenvalue weighted by molar-refractivity contribution is 0.0690. The summed E-state index contributed by atoms with van der Waals surface area (Å²) in [7, 11) is 5.56. The first-order valence-corrected chi connectivity index (χ1v) is 5.61. The number of halogens is 1. The van der Waals surface area contributed by atoms with E-state index >= 15 is 0 Å². The second kappa shape index (κ2) is 5.81. The van der Waals surface area contributed by atoms with Gasteiger partial charge in [0, 0.05) is 0 Å². The molecule has 1 rings (SSSR count). The monoisotopic (exact) mass is 320 g/mol. The highest BCUT2D eigenvalue weighted by Gasteiger charge is 2.29. The van der Waals surface area contributed by atoms with Gasteiger partial charge in [-0.25, -0.2) is 4.79 Å². The third kappa shape index (κ3) is 2.17. The molecular weight excluding hydrogens is 308 g/mol. The first-order valence-electron chi connectivity index (χ1n) is 4.82. The molecule has 0 aromatic heterocycles. The molecule has 0 fully saturated rings. The van der Waals surface area contributed by atoms with Crippen molar-refractivity contribution in [1.29, 1.82) is 0 Å². The van der Waals surface area contributed by atoms with E-state index in [0.717, 1.165) is 0 Å². The molecule has 6 nitrogen and oxygen atoms in total. The first kappa shape index (κ1) is 14.4. The summed E-state index contributed by atoms with van der Waals surface area (Å²) in [5.74, 6) is -0.453. The molecule has 7 heteroatoms. The molecule has 0 aliphatic heterocycles. The van der Waals surface area contributed by atoms with Gasteiger partial charge in [-0.05, 0) is 15.9 Å². The van der Waals surface area contributed by atoms with E-state index in [2.05, 4.69) is 15.9 Å². The average Bonchev–Trinajstić information content (AvgIpc) is 2.36. The largest absolute Gasteiger partial charge is 0.492 e. The minimum Gasteiger partial charge on any atom is -0.492 e. The Morgan fingerprint density at radius 1 is 0.889 bits per heavy atom. The fourth-order valence-corrected chi connectivity index (χ4v) is 2.26. The highest BCUT2D eigenvalue weighted by Crippen LogP contribution is 2.51. The minimum atomic E-state index is -1.17. The van der Waals surface area contributed by atoms with E-state index in [0.29, 0.717) is 0 Å². The Morgan fingerprint density at radius 2 is 1.28 bits per heavy atom. The maximum absolute atomic E-state index is 11.3. The molecule has 0 heterocycles. The van der Waals surface area contributed by atoms with Gasteiger partial charge in [-0.1, -0.05) is 0 Å². The molecule has 0 atom stereocenters. The van der Waals surface area contributed by atoms with Crippen molar-refractivity contribution in [3.8, 4) is 23.0 Å². The summed E-state index contributed by atoms with van der Waals surface area (Å²) in [5.41, 5.74) is -0.0907. The number of rotatable bonds is 5. The van der Waals surface area contributed by atoms with Crippen LogP contribution in [0, 0.1) is 0 Å². The predicted octanol–water partition coefficient (Wildman–Crippen LogP) is 2.18. The minimum absolute atomic E-state index is 0.0644. The summed E-state index contributed by atoms with van der Waals surface area (Å²) in [6.07, 6.45) is 0. The second-order valence-electron chi connectivity index (χ2n) is 3.13. The molecule has 1 N–H and O–H groups in total. The van der Waals surface area contributed by atoms with Crippen molar-refractivity contribution in [2.45, 2.75) is 0 Å². The van der Waals surface area contributed by atoms with Gasteiger partial charge in [0.1, 0.15) is 5.56 Å². The SMILES string of the molecule is COc1c(Br)c(C(=O)O)c(OC)c(OC)c1OC. The zero-order chi connectivity index (χ0) is 13.9. The van der Waals surface area contributed by atoms with Crippen LogP contribution in [-0.4, -0.2) is 39.5 Å². The lowest BCUT2D eigenvalue weighted by Crippen LogP contribution is -2.07. The van der Waals surface area contributed by atoms with Gasteiger partial charge in [0.2, 0.25) is 11.5 Å². The standard InChI is InChI=1S/C11H13BrO6/c1-15-7-5(11(13)14)6(12)8(16-2)10(18-4)9(7)17-3/h1-4H3,(H,13,14). The molecule has 0 spiro atoms. The van der Waals surface area contributed by atoms with E-state index in [-0.39, 0.29) is 33.0 Å². The van der Waals surface area contributed by atoms with Crippen LogP contribution in [0.1, 0.15) is 10.4 Å². The van der Waals surface area contributed by atoms with Crippen molar-refractivity contribution >= 4 is 21.9 Å². The van der Waals surface area contributed by atoms with Gasteiger partial charge in [0.25, 0.3) is 0 Å². The Morgan fingerprint density at radius 3 is 1.61 bits per heavy atom. The number of carboxylic acid groups (broad SMARTS) is 1. The Hall–Kier alpha value is -1.63. The van der Waals surface area contributed by atoms with Crippen molar-refractivity contribution in [3.05, 3.63) is 10.0 Å². The fraction of sp³-hybridized carbons (Fsp3) is 0.364. The summed E-state index contributed by atoms with van der Waals surface area (Å²) in [4.78, 5) is 11.3. The summed E-state index contributed by atoms with van der Waals surface area (Å²) < 4.78 is 20.7. The van der Waals surface area contributed by atoms with Crippen molar-refractivity contribution in [1.82, 2.24) is 0 Å². The molecule has 1 aromatic rings. The smallest absolute Gasteiger partial charge is 0.340 e. The Balaban J connectivity index is 3.79. The molecule has 0 amide bonds. The van der Waals surface area contributed by atoms with Gasteiger partial charge >= 0.3 is 5.97 Å². The molecule has 0 radical (unpaired) electrons. The summed E-state index contributed by atoms with van der Waals surface area (Å²) >= 11 is 3.17. The number of aromatic carboxylic acids is 1. The predicted molar refractivity (Wildman–Crippen MR) is 67.3 cm³/mol. The van der Waals surface area contributed by atoms with E-state index in [9.17, 15) is 9.90 Å². The number of hydrogen-bond donors (Lipinski definition) is 1. The van der Waals surface area contributed by atoms with Crippen LogP contribution in [0.3, 0.4) is 0 Å². The lowest BCUT2D eigenvalue weighted by Gasteiger charge is -2.18. The highest BCUT2D eigenvalue weighted by molar-refractivity contribution is 9.10. The Labute approximate surface area is 113 Å². The molecule has 0 bridgehead atoms. The number of benzene rings is 1. The third-order valence-corrected chi connectivity index (χ3v) is 3.05. The normalized spacial score (nSPS) is 9.83. The molecular formula is C11H13BrO6. The van der Waals surface area contributed by atoms with E-state index in [1.807, 2.05) is 0 Å². The second-order valence-corrected chi connectivity index (χ2v) is 3.92. The van der Waals surface area contributed by atoms with Gasteiger partial charge < -0.3 is 24.1 Å². The van der Waals surface area contributed by atoms with Crippen LogP contribution in [0.2, 0.25) is 0 Å². The van der Waals surface area contributed by atoms with Crippen LogP contribution in [-0.2, 0) is 0 Å². The molecule has 18 heavy (non-hydrogen) atoms. The van der Waals surface area contributed by atoms with Crippen molar-refractivity contribution in [3.63, 3.8) is 0 Å². The van der Waals surface area contributed by atoms with Crippen LogP contribution >= 0.6 is 15.9 Å². The van der Waals surface area contributed by atoms with Gasteiger partial charge in [-0.2, -0.15) is 0 Å². The van der Waals surface area contributed by atoms with Crippen LogP contribution in [0.4, 0.5) is 0 Å². The van der Waals surface area contributed by atoms with Gasteiger partial charge in [-0.3, -0.25) is 0 Å². The fourth-order valence-electron chi connectivity index (χ4n) is 1.57. The first-order chi connectivity index (χ1) is 8.53. The zero-order valence-corrected chi connectivity index (χ0v) is 12.0. The number of ether oxygens (including phenoxy) is 4. The average molecular weight is 321 g/mol. The van der Waals surface area contributed by atoms with Crippen molar-refractivity contribution in [2.75, 3.05) is 28.4 Å². The molecule has 0 aliphatic carbocycles. The number of carbonyl (C=O) groups is 1. The van der Waals surface area contributed by atoms with Crippen molar-refractivity contribution < 1.29 is 28.8 Å². The topological polar surface area (TPSA) is 74.2 Å². The number of methoxy groups -OCH3 is 4. The Bertz CT molecular complexity index is 471. The molecule has 0 aliphatic rings. The molecule has 1 aromatic carbocycles. The Kier molecular flexibility index (Phi) is 4.66. The highest BCUT2D eigenvalue weighted by atomic mass is 79.9. The van der Waals surface area contributed by atoms with Crippen LogP contribution < -0.4 is 18.9 Å². The van der Waals surface area contributed by atoms with E-state index in [4.69, 9.17) is 18.9 Å². The molecule has 0 saturated heterocycles. The maximum Gasteiger partial charge on any atom is 0.340 e. The van der Waals surface area contributed by atoms with Gasteiger partial charge in [0.15, 0.2) is 11.5 Å². The van der Waals surface area contributed by atoms with Gasteiger partial charge in [0.05, 0.1) is 32.9 Å². The molecule has 0 saturated carbocycles. The third-order valence-electron chi connectivity index (χ3n) is 2.29. The quantitative estimate of drug-likeness (QED) is 0.896. The van der Waals surface area contributed by atoms with Crippen LogP contribution in [0.15, 0.2) is 4.47 Å². The maximum atomic E-state index is 11.3. The summed E-state index contributed by atoms with van der Waals surface area (Å²) in [6, 6.07) is 0. The molecule has 100 valence electrons. The number of carboxylic acids is 1. The zero-order valence-electron chi connectivity index (χ0n) is 10.4.